The topological polar surface area (TPSA) is 54.5 Å². The second-order valence-electron chi connectivity index (χ2n) is 5.25. The fourth-order valence-corrected chi connectivity index (χ4v) is 2.63. The highest BCUT2D eigenvalue weighted by atomic mass is 15.3. The maximum absolute atomic E-state index is 8.51. The van der Waals surface area contributed by atoms with Gasteiger partial charge in [0.15, 0.2) is 0 Å². The highest BCUT2D eigenvalue weighted by Gasteiger charge is 2.29. The SMILES string of the molecule is Cc1cccnc1-c1cnn(C2CC(/C=C/C#N)C2)c1. The molecule has 0 unspecified atom stereocenters. The Balaban J connectivity index is 1.72. The van der Waals surface area contributed by atoms with Crippen LogP contribution in [0.2, 0.25) is 0 Å². The molecule has 0 saturated heterocycles. The summed E-state index contributed by atoms with van der Waals surface area (Å²) in [6.45, 7) is 2.06. The van der Waals surface area contributed by atoms with Crippen LogP contribution in [0.3, 0.4) is 0 Å². The van der Waals surface area contributed by atoms with E-state index < -0.39 is 0 Å². The third kappa shape index (κ3) is 2.35. The van der Waals surface area contributed by atoms with E-state index in [4.69, 9.17) is 5.26 Å². The molecule has 1 fully saturated rings. The van der Waals surface area contributed by atoms with E-state index in [1.165, 1.54) is 0 Å². The van der Waals surface area contributed by atoms with E-state index >= 15 is 0 Å². The van der Waals surface area contributed by atoms with Gasteiger partial charge in [-0.1, -0.05) is 12.1 Å². The minimum Gasteiger partial charge on any atom is -0.269 e. The molecule has 0 radical (unpaired) electrons. The number of allylic oxidation sites excluding steroid dienone is 2. The molecule has 0 bridgehead atoms. The van der Waals surface area contributed by atoms with Crippen molar-refractivity contribution in [1.29, 1.82) is 5.26 Å². The largest absolute Gasteiger partial charge is 0.269 e. The second-order valence-corrected chi connectivity index (χ2v) is 5.25. The summed E-state index contributed by atoms with van der Waals surface area (Å²) < 4.78 is 2.03. The van der Waals surface area contributed by atoms with Crippen LogP contribution in [-0.4, -0.2) is 14.8 Å². The average molecular weight is 264 g/mol. The van der Waals surface area contributed by atoms with Crippen LogP contribution in [0.4, 0.5) is 0 Å². The molecular formula is C16H16N4. The zero-order valence-electron chi connectivity index (χ0n) is 11.4. The Kier molecular flexibility index (Phi) is 3.34. The van der Waals surface area contributed by atoms with Crippen molar-refractivity contribution in [2.45, 2.75) is 25.8 Å². The predicted molar refractivity (Wildman–Crippen MR) is 76.7 cm³/mol. The molecule has 0 amide bonds. The first kappa shape index (κ1) is 12.6. The van der Waals surface area contributed by atoms with Crippen molar-refractivity contribution in [1.82, 2.24) is 14.8 Å². The normalized spacial score (nSPS) is 21.6. The molecule has 3 rings (SSSR count). The molecular weight excluding hydrogens is 248 g/mol. The minimum atomic E-state index is 0.445. The standard InChI is InChI=1S/C16H16N4/c1-12-4-3-7-18-16(12)14-10-19-20(11-14)15-8-13(9-15)5-2-6-17/h2-5,7,10-11,13,15H,8-9H2,1H3/b5-2+. The lowest BCUT2D eigenvalue weighted by atomic mass is 9.80. The van der Waals surface area contributed by atoms with Crippen LogP contribution >= 0.6 is 0 Å². The summed E-state index contributed by atoms with van der Waals surface area (Å²) in [5, 5.41) is 13.0. The molecule has 100 valence electrons. The van der Waals surface area contributed by atoms with Gasteiger partial charge in [0.1, 0.15) is 0 Å². The highest BCUT2D eigenvalue weighted by molar-refractivity contribution is 5.60. The maximum atomic E-state index is 8.51. The van der Waals surface area contributed by atoms with E-state index in [0.29, 0.717) is 12.0 Å². The van der Waals surface area contributed by atoms with E-state index in [0.717, 1.165) is 29.7 Å². The van der Waals surface area contributed by atoms with Gasteiger partial charge in [-0.25, -0.2) is 0 Å². The first-order valence-corrected chi connectivity index (χ1v) is 6.80. The van der Waals surface area contributed by atoms with Crippen LogP contribution in [0, 0.1) is 24.2 Å². The van der Waals surface area contributed by atoms with Gasteiger partial charge in [0.05, 0.1) is 24.0 Å². The first-order valence-electron chi connectivity index (χ1n) is 6.80. The number of hydrogen-bond donors (Lipinski definition) is 0. The lowest BCUT2D eigenvalue weighted by Crippen LogP contribution is -2.25. The Bertz CT molecular complexity index is 672. The van der Waals surface area contributed by atoms with Crippen LogP contribution in [0.5, 0.6) is 0 Å². The smallest absolute Gasteiger partial charge is 0.0908 e. The van der Waals surface area contributed by atoms with Crippen molar-refractivity contribution < 1.29 is 0 Å². The van der Waals surface area contributed by atoms with Gasteiger partial charge in [0.25, 0.3) is 0 Å². The molecule has 1 aliphatic carbocycles. The van der Waals surface area contributed by atoms with E-state index in [-0.39, 0.29) is 0 Å². The van der Waals surface area contributed by atoms with Gasteiger partial charge in [-0.3, -0.25) is 9.67 Å². The van der Waals surface area contributed by atoms with Gasteiger partial charge in [-0.05, 0) is 37.3 Å². The molecule has 20 heavy (non-hydrogen) atoms. The summed E-state index contributed by atoms with van der Waals surface area (Å²) in [7, 11) is 0. The number of nitrogens with zero attached hydrogens (tertiary/aromatic N) is 4. The zero-order chi connectivity index (χ0) is 13.9. The van der Waals surface area contributed by atoms with Gasteiger partial charge in [-0.2, -0.15) is 10.4 Å². The van der Waals surface area contributed by atoms with Gasteiger partial charge < -0.3 is 0 Å². The van der Waals surface area contributed by atoms with Gasteiger partial charge in [-0.15, -0.1) is 0 Å². The Morgan fingerprint density at radius 3 is 3.05 bits per heavy atom. The Morgan fingerprint density at radius 1 is 1.45 bits per heavy atom. The van der Waals surface area contributed by atoms with Crippen LogP contribution in [0.15, 0.2) is 42.9 Å². The Hall–Kier alpha value is -2.41. The van der Waals surface area contributed by atoms with Gasteiger partial charge >= 0.3 is 0 Å². The monoisotopic (exact) mass is 264 g/mol. The van der Waals surface area contributed by atoms with Crippen molar-refractivity contribution >= 4 is 0 Å². The lowest BCUT2D eigenvalue weighted by Gasteiger charge is -2.33. The number of hydrogen-bond acceptors (Lipinski definition) is 3. The zero-order valence-corrected chi connectivity index (χ0v) is 11.4. The highest BCUT2D eigenvalue weighted by Crippen LogP contribution is 2.38. The minimum absolute atomic E-state index is 0.445. The van der Waals surface area contributed by atoms with E-state index in [1.54, 1.807) is 6.08 Å². The fourth-order valence-electron chi connectivity index (χ4n) is 2.63. The summed E-state index contributed by atoms with van der Waals surface area (Å²) in [6, 6.07) is 6.49. The summed E-state index contributed by atoms with van der Waals surface area (Å²) in [5.74, 6) is 0.517. The molecule has 0 N–H and O–H groups in total. The lowest BCUT2D eigenvalue weighted by molar-refractivity contribution is 0.224. The molecule has 1 saturated carbocycles. The third-order valence-corrected chi connectivity index (χ3v) is 3.85. The number of rotatable bonds is 3. The van der Waals surface area contributed by atoms with Gasteiger partial charge in [0, 0.05) is 24.0 Å². The fraction of sp³-hybridized carbons (Fsp3) is 0.312. The molecule has 0 atom stereocenters. The van der Waals surface area contributed by atoms with E-state index in [2.05, 4.69) is 29.3 Å². The average Bonchev–Trinajstić information content (AvgIpc) is 2.87. The van der Waals surface area contributed by atoms with Crippen LogP contribution in [0.25, 0.3) is 11.3 Å². The molecule has 0 spiro atoms. The van der Waals surface area contributed by atoms with Crippen molar-refractivity contribution in [2.75, 3.05) is 0 Å². The Labute approximate surface area is 118 Å². The first-order chi connectivity index (χ1) is 9.78. The molecule has 0 aliphatic heterocycles. The predicted octanol–water partition coefficient (Wildman–Crippen LogP) is 3.28. The van der Waals surface area contributed by atoms with Crippen LogP contribution in [0.1, 0.15) is 24.4 Å². The molecule has 2 aromatic rings. The van der Waals surface area contributed by atoms with Crippen LogP contribution < -0.4 is 0 Å². The molecule has 0 aromatic carbocycles. The number of aromatic nitrogens is 3. The summed E-state index contributed by atoms with van der Waals surface area (Å²) in [6.07, 6.45) is 11.4. The third-order valence-electron chi connectivity index (χ3n) is 3.85. The van der Waals surface area contributed by atoms with Crippen molar-refractivity contribution in [2.24, 2.45) is 5.92 Å². The van der Waals surface area contributed by atoms with Crippen molar-refractivity contribution in [3.63, 3.8) is 0 Å². The second kappa shape index (κ2) is 5.30. The number of nitriles is 1. The summed E-state index contributed by atoms with van der Waals surface area (Å²) >= 11 is 0. The number of pyridine rings is 1. The number of aryl methyl sites for hydroxylation is 1. The quantitative estimate of drug-likeness (QED) is 0.799. The molecule has 2 heterocycles. The molecule has 2 aromatic heterocycles. The van der Waals surface area contributed by atoms with Crippen molar-refractivity contribution in [3.05, 3.63) is 48.4 Å². The van der Waals surface area contributed by atoms with E-state index in [1.807, 2.05) is 35.3 Å². The summed E-state index contributed by atoms with van der Waals surface area (Å²) in [5.41, 5.74) is 3.23. The van der Waals surface area contributed by atoms with Crippen molar-refractivity contribution in [3.8, 4) is 17.3 Å². The van der Waals surface area contributed by atoms with Gasteiger partial charge in [0.2, 0.25) is 0 Å². The summed E-state index contributed by atoms with van der Waals surface area (Å²) in [4.78, 5) is 4.42. The Morgan fingerprint density at radius 2 is 2.30 bits per heavy atom. The maximum Gasteiger partial charge on any atom is 0.0908 e. The molecule has 4 nitrogen and oxygen atoms in total. The molecule has 1 aliphatic rings. The van der Waals surface area contributed by atoms with Crippen LogP contribution in [-0.2, 0) is 0 Å². The molecule has 4 heteroatoms. The van der Waals surface area contributed by atoms with E-state index in [9.17, 15) is 0 Å².